The van der Waals surface area contributed by atoms with Crippen LogP contribution in [0.3, 0.4) is 0 Å². The fraction of sp³-hybridized carbons (Fsp3) is 0.0588. The number of hydrazone groups is 1. The SMILES string of the molecule is COc1ccc(C(=O)N/N=C\C(Cl)=C\c2ccccc2)cc1. The third kappa shape index (κ3) is 4.75. The lowest BCUT2D eigenvalue weighted by Gasteiger charge is -2.02. The lowest BCUT2D eigenvalue weighted by Crippen LogP contribution is -2.17. The number of hydrogen-bond acceptors (Lipinski definition) is 3. The molecule has 0 saturated carbocycles. The van der Waals surface area contributed by atoms with Gasteiger partial charge in [0.05, 0.1) is 18.4 Å². The highest BCUT2D eigenvalue weighted by Crippen LogP contribution is 2.11. The first-order chi connectivity index (χ1) is 10.7. The summed E-state index contributed by atoms with van der Waals surface area (Å²) in [5.74, 6) is 0.372. The second-order valence-electron chi connectivity index (χ2n) is 4.37. The molecule has 4 nitrogen and oxygen atoms in total. The number of benzene rings is 2. The molecule has 0 radical (unpaired) electrons. The monoisotopic (exact) mass is 314 g/mol. The fourth-order valence-corrected chi connectivity index (χ4v) is 1.88. The maximum Gasteiger partial charge on any atom is 0.271 e. The summed E-state index contributed by atoms with van der Waals surface area (Å²) in [5.41, 5.74) is 3.86. The predicted molar refractivity (Wildman–Crippen MR) is 89.2 cm³/mol. The molecule has 5 heteroatoms. The summed E-state index contributed by atoms with van der Waals surface area (Å²) in [5, 5.41) is 4.25. The Morgan fingerprint density at radius 2 is 1.82 bits per heavy atom. The first kappa shape index (κ1) is 15.8. The minimum atomic E-state index is -0.317. The van der Waals surface area contributed by atoms with E-state index in [1.807, 2.05) is 30.3 Å². The minimum absolute atomic E-state index is 0.317. The Bertz CT molecular complexity index is 680. The van der Waals surface area contributed by atoms with Gasteiger partial charge in [-0.25, -0.2) is 5.43 Å². The summed E-state index contributed by atoms with van der Waals surface area (Å²) in [6.45, 7) is 0. The van der Waals surface area contributed by atoms with Crippen molar-refractivity contribution in [2.45, 2.75) is 0 Å². The number of hydrogen-bond donors (Lipinski definition) is 1. The highest BCUT2D eigenvalue weighted by atomic mass is 35.5. The van der Waals surface area contributed by atoms with Gasteiger partial charge in [0.2, 0.25) is 0 Å². The third-order valence-electron chi connectivity index (χ3n) is 2.81. The van der Waals surface area contributed by atoms with Crippen LogP contribution in [0.5, 0.6) is 5.75 Å². The molecular formula is C17H15ClN2O2. The topological polar surface area (TPSA) is 50.7 Å². The molecule has 0 aromatic heterocycles. The van der Waals surface area contributed by atoms with Gasteiger partial charge in [-0.3, -0.25) is 4.79 Å². The predicted octanol–water partition coefficient (Wildman–Crippen LogP) is 3.69. The van der Waals surface area contributed by atoms with Crippen molar-refractivity contribution in [3.05, 3.63) is 70.8 Å². The van der Waals surface area contributed by atoms with Crippen LogP contribution < -0.4 is 10.2 Å². The molecule has 0 fully saturated rings. The van der Waals surface area contributed by atoms with Crippen LogP contribution in [0.2, 0.25) is 0 Å². The number of rotatable bonds is 5. The van der Waals surface area contributed by atoms with Gasteiger partial charge in [0.15, 0.2) is 0 Å². The van der Waals surface area contributed by atoms with E-state index in [0.717, 1.165) is 5.56 Å². The molecule has 0 saturated heterocycles. The van der Waals surface area contributed by atoms with Crippen molar-refractivity contribution in [3.8, 4) is 5.75 Å². The number of amides is 1. The molecule has 0 aliphatic heterocycles. The van der Waals surface area contributed by atoms with E-state index in [1.165, 1.54) is 6.21 Å². The molecule has 1 N–H and O–H groups in total. The summed E-state index contributed by atoms with van der Waals surface area (Å²) in [4.78, 5) is 11.9. The van der Waals surface area contributed by atoms with Crippen molar-refractivity contribution in [1.29, 1.82) is 0 Å². The number of methoxy groups -OCH3 is 1. The molecule has 0 unspecified atom stereocenters. The number of carbonyl (C=O) groups excluding carboxylic acids is 1. The van der Waals surface area contributed by atoms with Gasteiger partial charge < -0.3 is 4.74 Å². The summed E-state index contributed by atoms with van der Waals surface area (Å²) < 4.78 is 5.03. The van der Waals surface area contributed by atoms with Gasteiger partial charge in [-0.2, -0.15) is 5.10 Å². The summed E-state index contributed by atoms with van der Waals surface area (Å²) in [6, 6.07) is 16.3. The van der Waals surface area contributed by atoms with Gasteiger partial charge in [-0.15, -0.1) is 0 Å². The second-order valence-corrected chi connectivity index (χ2v) is 4.80. The highest BCUT2D eigenvalue weighted by Gasteiger charge is 2.03. The Balaban J connectivity index is 1.93. The molecule has 2 aromatic carbocycles. The molecular weight excluding hydrogens is 300 g/mol. The van der Waals surface area contributed by atoms with Crippen LogP contribution in [0, 0.1) is 0 Å². The average Bonchev–Trinajstić information content (AvgIpc) is 2.55. The van der Waals surface area contributed by atoms with Crippen LogP contribution in [0.1, 0.15) is 15.9 Å². The molecule has 2 aromatic rings. The van der Waals surface area contributed by atoms with Gasteiger partial charge in [0.1, 0.15) is 5.75 Å². The number of nitrogens with one attached hydrogen (secondary N) is 1. The molecule has 0 aliphatic rings. The van der Waals surface area contributed by atoms with Crippen LogP contribution in [0.15, 0.2) is 64.7 Å². The van der Waals surface area contributed by atoms with Crippen LogP contribution >= 0.6 is 11.6 Å². The average molecular weight is 315 g/mol. The van der Waals surface area contributed by atoms with Crippen molar-refractivity contribution < 1.29 is 9.53 Å². The van der Waals surface area contributed by atoms with Crippen LogP contribution in [0.4, 0.5) is 0 Å². The van der Waals surface area contributed by atoms with Crippen LogP contribution in [-0.4, -0.2) is 19.2 Å². The lowest BCUT2D eigenvalue weighted by molar-refractivity contribution is 0.0955. The summed E-state index contributed by atoms with van der Waals surface area (Å²) >= 11 is 6.03. The highest BCUT2D eigenvalue weighted by molar-refractivity contribution is 6.41. The zero-order valence-corrected chi connectivity index (χ0v) is 12.7. The Morgan fingerprint density at radius 3 is 2.45 bits per heavy atom. The number of carbonyl (C=O) groups is 1. The Kier molecular flexibility index (Phi) is 5.74. The van der Waals surface area contributed by atoms with E-state index in [4.69, 9.17) is 16.3 Å². The van der Waals surface area contributed by atoms with Gasteiger partial charge in [0, 0.05) is 5.56 Å². The maximum atomic E-state index is 11.9. The van der Waals surface area contributed by atoms with Gasteiger partial charge in [-0.1, -0.05) is 41.9 Å². The van der Waals surface area contributed by atoms with E-state index in [9.17, 15) is 4.79 Å². The molecule has 1 amide bonds. The molecule has 2 rings (SSSR count). The Morgan fingerprint density at radius 1 is 1.14 bits per heavy atom. The Hall–Kier alpha value is -2.59. The molecule has 112 valence electrons. The van der Waals surface area contributed by atoms with Crippen molar-refractivity contribution in [2.75, 3.05) is 7.11 Å². The van der Waals surface area contributed by atoms with Crippen molar-refractivity contribution >= 4 is 29.8 Å². The number of allylic oxidation sites excluding steroid dienone is 1. The van der Waals surface area contributed by atoms with Crippen LogP contribution in [0.25, 0.3) is 6.08 Å². The standard InChI is InChI=1S/C17H15ClN2O2/c1-22-16-9-7-14(8-10-16)17(21)20-19-12-15(18)11-13-5-3-2-4-6-13/h2-12H,1H3,(H,20,21)/b15-11-,19-12-. The molecule has 0 atom stereocenters. The fourth-order valence-electron chi connectivity index (χ4n) is 1.71. The normalized spacial score (nSPS) is 11.5. The van der Waals surface area contributed by atoms with Gasteiger partial charge in [0.25, 0.3) is 5.91 Å². The molecule has 0 bridgehead atoms. The zero-order chi connectivity index (χ0) is 15.8. The summed E-state index contributed by atoms with van der Waals surface area (Å²) in [6.07, 6.45) is 3.14. The van der Waals surface area contributed by atoms with E-state index >= 15 is 0 Å². The van der Waals surface area contributed by atoms with Gasteiger partial charge >= 0.3 is 0 Å². The molecule has 0 heterocycles. The first-order valence-corrected chi connectivity index (χ1v) is 6.96. The third-order valence-corrected chi connectivity index (χ3v) is 3.02. The summed E-state index contributed by atoms with van der Waals surface area (Å²) in [7, 11) is 1.57. The number of halogens is 1. The smallest absolute Gasteiger partial charge is 0.271 e. The van der Waals surface area contributed by atoms with E-state index in [-0.39, 0.29) is 5.91 Å². The van der Waals surface area contributed by atoms with E-state index < -0.39 is 0 Å². The maximum absolute atomic E-state index is 11.9. The molecule has 22 heavy (non-hydrogen) atoms. The second kappa shape index (κ2) is 8.00. The van der Waals surface area contributed by atoms with Crippen molar-refractivity contribution in [3.63, 3.8) is 0 Å². The minimum Gasteiger partial charge on any atom is -0.497 e. The van der Waals surface area contributed by atoms with Crippen molar-refractivity contribution in [1.82, 2.24) is 5.43 Å². The van der Waals surface area contributed by atoms with E-state index in [1.54, 1.807) is 37.5 Å². The zero-order valence-electron chi connectivity index (χ0n) is 12.0. The quantitative estimate of drug-likeness (QED) is 0.676. The van der Waals surface area contributed by atoms with Crippen LogP contribution in [-0.2, 0) is 0 Å². The Labute approximate surface area is 134 Å². The molecule has 0 aliphatic carbocycles. The number of ether oxygens (including phenoxy) is 1. The lowest BCUT2D eigenvalue weighted by atomic mass is 10.2. The van der Waals surface area contributed by atoms with Gasteiger partial charge in [-0.05, 0) is 35.9 Å². The molecule has 0 spiro atoms. The van der Waals surface area contributed by atoms with E-state index in [0.29, 0.717) is 16.3 Å². The first-order valence-electron chi connectivity index (χ1n) is 6.59. The van der Waals surface area contributed by atoms with E-state index in [2.05, 4.69) is 10.5 Å². The van der Waals surface area contributed by atoms with Crippen molar-refractivity contribution in [2.24, 2.45) is 5.10 Å². The largest absolute Gasteiger partial charge is 0.497 e. The number of nitrogens with zero attached hydrogens (tertiary/aromatic N) is 1.